The molecule has 4 N–H and O–H groups in total. The van der Waals surface area contributed by atoms with Gasteiger partial charge in [-0.1, -0.05) is 35.4 Å². The maximum absolute atomic E-state index is 12.7. The summed E-state index contributed by atoms with van der Waals surface area (Å²) < 4.78 is 0. The van der Waals surface area contributed by atoms with Crippen molar-refractivity contribution in [1.29, 1.82) is 5.26 Å². The van der Waals surface area contributed by atoms with E-state index in [2.05, 4.69) is 16.7 Å². The van der Waals surface area contributed by atoms with Crippen LogP contribution in [0, 0.1) is 32.1 Å². The molecule has 5 nitrogen and oxygen atoms in total. The number of thiophene rings is 1. The predicted molar refractivity (Wildman–Crippen MR) is 112 cm³/mol. The highest BCUT2D eigenvalue weighted by Gasteiger charge is 2.21. The molecule has 0 spiro atoms. The lowest BCUT2D eigenvalue weighted by Gasteiger charge is -2.08. The molecule has 0 atom stereocenters. The SMILES string of the molecule is Cc1ccc(Nc2sc(C(=O)Nc3ccc(C)cc3C)c(N)c2C#N)cc1. The van der Waals surface area contributed by atoms with Crippen molar-refractivity contribution in [3.05, 3.63) is 69.6 Å². The van der Waals surface area contributed by atoms with Gasteiger partial charge in [0.1, 0.15) is 21.5 Å². The summed E-state index contributed by atoms with van der Waals surface area (Å²) in [4.78, 5) is 13.1. The van der Waals surface area contributed by atoms with Gasteiger partial charge in [0.25, 0.3) is 5.91 Å². The van der Waals surface area contributed by atoms with Gasteiger partial charge in [0.2, 0.25) is 0 Å². The van der Waals surface area contributed by atoms with Crippen LogP contribution < -0.4 is 16.4 Å². The van der Waals surface area contributed by atoms with Gasteiger partial charge in [-0.3, -0.25) is 4.79 Å². The Hall–Kier alpha value is -3.30. The van der Waals surface area contributed by atoms with Crippen molar-refractivity contribution in [1.82, 2.24) is 0 Å². The van der Waals surface area contributed by atoms with Crippen LogP contribution in [0.4, 0.5) is 22.1 Å². The zero-order valence-corrected chi connectivity index (χ0v) is 16.2. The van der Waals surface area contributed by atoms with Gasteiger partial charge in [-0.2, -0.15) is 5.26 Å². The number of nitrogens with zero attached hydrogens (tertiary/aromatic N) is 1. The molecular weight excluding hydrogens is 356 g/mol. The highest BCUT2D eigenvalue weighted by Crippen LogP contribution is 2.37. The van der Waals surface area contributed by atoms with Gasteiger partial charge in [-0.05, 0) is 44.5 Å². The second kappa shape index (κ2) is 7.52. The van der Waals surface area contributed by atoms with Gasteiger partial charge in [0.15, 0.2) is 0 Å². The summed E-state index contributed by atoms with van der Waals surface area (Å²) in [5, 5.41) is 16.1. The van der Waals surface area contributed by atoms with Gasteiger partial charge in [0, 0.05) is 11.4 Å². The van der Waals surface area contributed by atoms with E-state index in [1.165, 1.54) is 11.3 Å². The highest BCUT2D eigenvalue weighted by molar-refractivity contribution is 7.19. The molecule has 0 unspecified atom stereocenters. The number of amides is 1. The minimum atomic E-state index is -0.321. The van der Waals surface area contributed by atoms with E-state index < -0.39 is 0 Å². The van der Waals surface area contributed by atoms with E-state index in [-0.39, 0.29) is 17.2 Å². The van der Waals surface area contributed by atoms with Crippen LogP contribution >= 0.6 is 11.3 Å². The largest absolute Gasteiger partial charge is 0.396 e. The van der Waals surface area contributed by atoms with Gasteiger partial charge in [-0.15, -0.1) is 11.3 Å². The fourth-order valence-corrected chi connectivity index (χ4v) is 3.70. The Morgan fingerprint density at radius 3 is 2.37 bits per heavy atom. The van der Waals surface area contributed by atoms with Crippen LogP contribution in [0.5, 0.6) is 0 Å². The fourth-order valence-electron chi connectivity index (χ4n) is 2.71. The first kappa shape index (κ1) is 18.5. The van der Waals surface area contributed by atoms with Crippen molar-refractivity contribution >= 4 is 39.3 Å². The molecule has 0 bridgehead atoms. The molecule has 0 saturated heterocycles. The number of nitriles is 1. The number of rotatable bonds is 4. The number of hydrogen-bond donors (Lipinski definition) is 3. The summed E-state index contributed by atoms with van der Waals surface area (Å²) in [6.45, 7) is 5.94. The van der Waals surface area contributed by atoms with E-state index in [9.17, 15) is 10.1 Å². The Morgan fingerprint density at radius 1 is 1.07 bits per heavy atom. The monoisotopic (exact) mass is 376 g/mol. The summed E-state index contributed by atoms with van der Waals surface area (Å²) in [5.41, 5.74) is 11.4. The summed E-state index contributed by atoms with van der Waals surface area (Å²) in [6, 6.07) is 15.7. The lowest BCUT2D eigenvalue weighted by atomic mass is 10.1. The second-order valence-electron chi connectivity index (χ2n) is 6.42. The first-order valence-corrected chi connectivity index (χ1v) is 9.25. The van der Waals surface area contributed by atoms with Crippen LogP contribution in [-0.2, 0) is 0 Å². The minimum absolute atomic E-state index is 0.194. The van der Waals surface area contributed by atoms with Crippen molar-refractivity contribution < 1.29 is 4.79 Å². The lowest BCUT2D eigenvalue weighted by Crippen LogP contribution is -2.13. The van der Waals surface area contributed by atoms with Crippen molar-refractivity contribution in [3.63, 3.8) is 0 Å². The number of nitrogen functional groups attached to an aromatic ring is 1. The standard InChI is InChI=1S/C21H20N4OS/c1-12-4-7-15(8-5-12)24-21-16(11-22)18(23)19(27-21)20(26)25-17-9-6-13(2)10-14(17)3/h4-10,24H,23H2,1-3H3,(H,25,26). The molecule has 0 fully saturated rings. The van der Waals surface area contributed by atoms with Gasteiger partial charge in [0.05, 0.1) is 5.69 Å². The maximum Gasteiger partial charge on any atom is 0.267 e. The predicted octanol–water partition coefficient (Wildman–Crippen LogP) is 5.12. The molecular formula is C21H20N4OS. The number of nitrogens with one attached hydrogen (secondary N) is 2. The molecule has 0 radical (unpaired) electrons. The van der Waals surface area contributed by atoms with Gasteiger partial charge < -0.3 is 16.4 Å². The molecule has 27 heavy (non-hydrogen) atoms. The van der Waals surface area contributed by atoms with Crippen LogP contribution in [-0.4, -0.2) is 5.91 Å². The average molecular weight is 376 g/mol. The third kappa shape index (κ3) is 3.94. The van der Waals surface area contributed by atoms with Crippen LogP contribution in [0.15, 0.2) is 42.5 Å². The minimum Gasteiger partial charge on any atom is -0.396 e. The molecule has 1 heterocycles. The summed E-state index contributed by atoms with van der Waals surface area (Å²) in [7, 11) is 0. The number of anilines is 4. The van der Waals surface area contributed by atoms with Crippen LogP contribution in [0.2, 0.25) is 0 Å². The summed E-state index contributed by atoms with van der Waals surface area (Å²) in [5.74, 6) is -0.321. The molecule has 0 aliphatic carbocycles. The third-order valence-electron chi connectivity index (χ3n) is 4.20. The van der Waals surface area contributed by atoms with Gasteiger partial charge >= 0.3 is 0 Å². The molecule has 3 aromatic rings. The van der Waals surface area contributed by atoms with Crippen LogP contribution in [0.25, 0.3) is 0 Å². The Morgan fingerprint density at radius 2 is 1.74 bits per heavy atom. The first-order valence-electron chi connectivity index (χ1n) is 8.43. The molecule has 1 aromatic heterocycles. The van der Waals surface area contributed by atoms with Crippen molar-refractivity contribution in [2.75, 3.05) is 16.4 Å². The number of carbonyl (C=O) groups excluding carboxylic acids is 1. The molecule has 1 amide bonds. The summed E-state index contributed by atoms with van der Waals surface area (Å²) in [6.07, 6.45) is 0. The molecule has 0 saturated carbocycles. The Balaban J connectivity index is 1.89. The third-order valence-corrected chi connectivity index (χ3v) is 5.32. The smallest absolute Gasteiger partial charge is 0.267 e. The maximum atomic E-state index is 12.7. The Kier molecular flexibility index (Phi) is 5.15. The lowest BCUT2D eigenvalue weighted by molar-refractivity contribution is 0.103. The number of aryl methyl sites for hydroxylation is 3. The van der Waals surface area contributed by atoms with Crippen LogP contribution in [0.1, 0.15) is 31.9 Å². The van der Waals surface area contributed by atoms with Gasteiger partial charge in [-0.25, -0.2) is 0 Å². The average Bonchev–Trinajstić information content (AvgIpc) is 2.94. The number of benzene rings is 2. The quantitative estimate of drug-likeness (QED) is 0.589. The van der Waals surface area contributed by atoms with E-state index in [4.69, 9.17) is 5.73 Å². The zero-order chi connectivity index (χ0) is 19.6. The zero-order valence-electron chi connectivity index (χ0n) is 15.4. The molecule has 2 aromatic carbocycles. The second-order valence-corrected chi connectivity index (χ2v) is 7.44. The van der Waals surface area contributed by atoms with E-state index in [0.29, 0.717) is 9.88 Å². The van der Waals surface area contributed by atoms with E-state index in [1.54, 1.807) is 0 Å². The number of hydrogen-bond acceptors (Lipinski definition) is 5. The van der Waals surface area contributed by atoms with Crippen molar-refractivity contribution in [3.8, 4) is 6.07 Å². The van der Waals surface area contributed by atoms with E-state index in [1.807, 2.05) is 63.2 Å². The topological polar surface area (TPSA) is 90.9 Å². The molecule has 6 heteroatoms. The van der Waals surface area contributed by atoms with E-state index >= 15 is 0 Å². The molecule has 3 rings (SSSR count). The Bertz CT molecular complexity index is 1050. The normalized spacial score (nSPS) is 10.3. The molecule has 0 aliphatic rings. The van der Waals surface area contributed by atoms with Crippen LogP contribution in [0.3, 0.4) is 0 Å². The highest BCUT2D eigenvalue weighted by atomic mass is 32.1. The molecule has 0 aliphatic heterocycles. The summed E-state index contributed by atoms with van der Waals surface area (Å²) >= 11 is 1.18. The molecule has 136 valence electrons. The number of nitrogens with two attached hydrogens (primary N) is 1. The fraction of sp³-hybridized carbons (Fsp3) is 0.143. The van der Waals surface area contributed by atoms with Crippen molar-refractivity contribution in [2.45, 2.75) is 20.8 Å². The number of carbonyl (C=O) groups is 1. The Labute approximate surface area is 162 Å². The van der Waals surface area contributed by atoms with E-state index in [0.717, 1.165) is 28.1 Å². The van der Waals surface area contributed by atoms with Crippen molar-refractivity contribution in [2.24, 2.45) is 0 Å². The first-order chi connectivity index (χ1) is 12.9.